The molecule has 0 atom stereocenters. The van der Waals surface area contributed by atoms with E-state index < -0.39 is 5.91 Å². The Hall–Kier alpha value is -2.59. The lowest BCUT2D eigenvalue weighted by molar-refractivity contribution is 0.0949. The van der Waals surface area contributed by atoms with Gasteiger partial charge in [-0.25, -0.2) is 0 Å². The second-order valence-corrected chi connectivity index (χ2v) is 7.54. The topological polar surface area (TPSA) is 71.3 Å². The summed E-state index contributed by atoms with van der Waals surface area (Å²) in [6, 6.07) is 8.88. The van der Waals surface area contributed by atoms with Gasteiger partial charge in [-0.2, -0.15) is 0 Å². The first-order valence-electron chi connectivity index (χ1n) is 8.82. The maximum absolute atomic E-state index is 12.9. The van der Waals surface area contributed by atoms with Crippen molar-refractivity contribution in [1.82, 2.24) is 9.88 Å². The number of halogens is 1. The van der Waals surface area contributed by atoms with Crippen molar-refractivity contribution >= 4 is 39.1 Å². The number of hydrogen-bond acceptors (Lipinski definition) is 4. The van der Waals surface area contributed by atoms with E-state index in [0.29, 0.717) is 29.9 Å². The van der Waals surface area contributed by atoms with Crippen LogP contribution in [0.3, 0.4) is 0 Å². The molecule has 0 unspecified atom stereocenters. The standard InChI is InChI=1S/C21H19ClN2O3S/c1-2-24-13-18(20(27)23-12-14-6-8-15(22)9-7-14)19(26)17-11-16(28-21(17)24)5-3-4-10-25/h6-9,11,13,25H,2,4,10,12H2,1H3,(H,23,27). The molecule has 0 bridgehead atoms. The van der Waals surface area contributed by atoms with Crippen molar-refractivity contribution in [2.75, 3.05) is 6.61 Å². The monoisotopic (exact) mass is 414 g/mol. The molecule has 144 valence electrons. The van der Waals surface area contributed by atoms with Gasteiger partial charge in [-0.3, -0.25) is 9.59 Å². The fraction of sp³-hybridized carbons (Fsp3) is 0.238. The highest BCUT2D eigenvalue weighted by atomic mass is 35.5. The van der Waals surface area contributed by atoms with Gasteiger partial charge in [0.2, 0.25) is 5.43 Å². The largest absolute Gasteiger partial charge is 0.395 e. The molecule has 7 heteroatoms. The summed E-state index contributed by atoms with van der Waals surface area (Å²) < 4.78 is 1.88. The lowest BCUT2D eigenvalue weighted by atomic mass is 10.2. The quantitative estimate of drug-likeness (QED) is 0.628. The van der Waals surface area contributed by atoms with E-state index in [0.717, 1.165) is 15.3 Å². The number of rotatable bonds is 5. The zero-order valence-corrected chi connectivity index (χ0v) is 16.9. The molecule has 0 saturated heterocycles. The van der Waals surface area contributed by atoms with E-state index in [-0.39, 0.29) is 17.6 Å². The first kappa shape index (κ1) is 20.2. The molecule has 0 spiro atoms. The molecule has 5 nitrogen and oxygen atoms in total. The van der Waals surface area contributed by atoms with Gasteiger partial charge in [-0.1, -0.05) is 35.6 Å². The Morgan fingerprint density at radius 2 is 2.07 bits per heavy atom. The SMILES string of the molecule is CCn1cc(C(=O)NCc2ccc(Cl)cc2)c(=O)c2cc(C#CCCO)sc21. The van der Waals surface area contributed by atoms with Crippen molar-refractivity contribution < 1.29 is 9.90 Å². The van der Waals surface area contributed by atoms with Crippen molar-refractivity contribution in [2.24, 2.45) is 0 Å². The normalized spacial score (nSPS) is 10.5. The molecule has 0 radical (unpaired) electrons. The molecule has 3 rings (SSSR count). The molecule has 0 aliphatic carbocycles. The highest BCUT2D eigenvalue weighted by molar-refractivity contribution is 7.19. The summed E-state index contributed by atoms with van der Waals surface area (Å²) in [5, 5.41) is 12.8. The summed E-state index contributed by atoms with van der Waals surface area (Å²) in [7, 11) is 0. The molecule has 0 aliphatic rings. The second kappa shape index (κ2) is 9.07. The minimum atomic E-state index is -0.414. The van der Waals surface area contributed by atoms with E-state index in [9.17, 15) is 9.59 Å². The zero-order valence-electron chi connectivity index (χ0n) is 15.3. The summed E-state index contributed by atoms with van der Waals surface area (Å²) in [4.78, 5) is 27.0. The van der Waals surface area contributed by atoms with Crippen LogP contribution in [-0.2, 0) is 13.1 Å². The molecule has 2 aromatic heterocycles. The van der Waals surface area contributed by atoms with Crippen molar-refractivity contribution in [3.63, 3.8) is 0 Å². The van der Waals surface area contributed by atoms with Crippen LogP contribution in [0.25, 0.3) is 10.2 Å². The average Bonchev–Trinajstić information content (AvgIpc) is 3.13. The van der Waals surface area contributed by atoms with Crippen molar-refractivity contribution in [1.29, 1.82) is 0 Å². The lowest BCUT2D eigenvalue weighted by Gasteiger charge is -2.09. The number of nitrogens with zero attached hydrogens (tertiary/aromatic N) is 1. The molecule has 1 amide bonds. The van der Waals surface area contributed by atoms with Crippen LogP contribution in [0.4, 0.5) is 0 Å². The number of nitrogens with one attached hydrogen (secondary N) is 1. The van der Waals surface area contributed by atoms with Crippen LogP contribution in [0.5, 0.6) is 0 Å². The van der Waals surface area contributed by atoms with Gasteiger partial charge in [0, 0.05) is 30.7 Å². The van der Waals surface area contributed by atoms with Crippen LogP contribution in [0.15, 0.2) is 41.3 Å². The molecule has 0 aliphatic heterocycles. The number of carbonyl (C=O) groups is 1. The third-order valence-electron chi connectivity index (χ3n) is 4.15. The predicted octanol–water partition coefficient (Wildman–Crippen LogP) is 3.40. The highest BCUT2D eigenvalue weighted by Gasteiger charge is 2.17. The van der Waals surface area contributed by atoms with Crippen LogP contribution < -0.4 is 10.7 Å². The maximum Gasteiger partial charge on any atom is 0.257 e. The summed E-state index contributed by atoms with van der Waals surface area (Å²) in [6.07, 6.45) is 1.98. The summed E-state index contributed by atoms with van der Waals surface area (Å²) in [5.74, 6) is 5.40. The number of thiophene rings is 1. The average molecular weight is 415 g/mol. The Bertz CT molecular complexity index is 1120. The number of carbonyl (C=O) groups excluding carboxylic acids is 1. The van der Waals surface area contributed by atoms with Crippen molar-refractivity contribution in [3.05, 3.63) is 67.8 Å². The van der Waals surface area contributed by atoms with E-state index in [1.165, 1.54) is 11.3 Å². The highest BCUT2D eigenvalue weighted by Crippen LogP contribution is 2.23. The van der Waals surface area contributed by atoms with E-state index in [4.69, 9.17) is 16.7 Å². The van der Waals surface area contributed by atoms with Gasteiger partial charge in [0.25, 0.3) is 5.91 Å². The maximum atomic E-state index is 12.9. The summed E-state index contributed by atoms with van der Waals surface area (Å²) in [5.41, 5.74) is 0.697. The van der Waals surface area contributed by atoms with Gasteiger partial charge in [0.1, 0.15) is 10.4 Å². The Labute approximate surface area is 171 Å². The number of benzene rings is 1. The fourth-order valence-electron chi connectivity index (χ4n) is 2.72. The van der Waals surface area contributed by atoms with Crippen LogP contribution in [0, 0.1) is 11.8 Å². The van der Waals surface area contributed by atoms with Crippen LogP contribution in [-0.4, -0.2) is 22.2 Å². The fourth-order valence-corrected chi connectivity index (χ4v) is 3.91. The minimum Gasteiger partial charge on any atom is -0.395 e. The second-order valence-electron chi connectivity index (χ2n) is 6.07. The molecule has 3 aromatic rings. The zero-order chi connectivity index (χ0) is 20.1. The molecule has 28 heavy (non-hydrogen) atoms. The number of aryl methyl sites for hydroxylation is 1. The third-order valence-corrected chi connectivity index (χ3v) is 5.49. The summed E-state index contributed by atoms with van der Waals surface area (Å²) >= 11 is 7.28. The number of aromatic nitrogens is 1. The van der Waals surface area contributed by atoms with Crippen LogP contribution in [0.2, 0.25) is 5.02 Å². The number of fused-ring (bicyclic) bond motifs is 1. The number of hydrogen-bond donors (Lipinski definition) is 2. The first-order chi connectivity index (χ1) is 13.5. The molecule has 0 saturated carbocycles. The lowest BCUT2D eigenvalue weighted by Crippen LogP contribution is -2.29. The van der Waals surface area contributed by atoms with Gasteiger partial charge >= 0.3 is 0 Å². The van der Waals surface area contributed by atoms with E-state index in [1.807, 2.05) is 23.6 Å². The number of aliphatic hydroxyl groups is 1. The van der Waals surface area contributed by atoms with E-state index in [1.54, 1.807) is 24.4 Å². The molecule has 0 fully saturated rings. The molecule has 2 N–H and O–H groups in total. The number of pyridine rings is 1. The molecule has 1 aromatic carbocycles. The van der Waals surface area contributed by atoms with E-state index >= 15 is 0 Å². The Balaban J connectivity index is 1.91. The first-order valence-corrected chi connectivity index (χ1v) is 10.0. The van der Waals surface area contributed by atoms with Gasteiger partial charge < -0.3 is 15.0 Å². The Kier molecular flexibility index (Phi) is 6.53. The molecular formula is C21H19ClN2O3S. The summed E-state index contributed by atoms with van der Waals surface area (Å²) in [6.45, 7) is 2.88. The van der Waals surface area contributed by atoms with Gasteiger partial charge in [0.15, 0.2) is 0 Å². The Morgan fingerprint density at radius 1 is 1.32 bits per heavy atom. The van der Waals surface area contributed by atoms with Crippen molar-refractivity contribution in [3.8, 4) is 11.8 Å². The van der Waals surface area contributed by atoms with Gasteiger partial charge in [-0.05, 0) is 30.7 Å². The third kappa shape index (κ3) is 4.45. The van der Waals surface area contributed by atoms with E-state index in [2.05, 4.69) is 17.2 Å². The molecule has 2 heterocycles. The minimum absolute atomic E-state index is 0.00238. The smallest absolute Gasteiger partial charge is 0.257 e. The van der Waals surface area contributed by atoms with Gasteiger partial charge in [0.05, 0.1) is 16.9 Å². The predicted molar refractivity (Wildman–Crippen MR) is 113 cm³/mol. The van der Waals surface area contributed by atoms with Crippen LogP contribution >= 0.6 is 22.9 Å². The van der Waals surface area contributed by atoms with Crippen LogP contribution in [0.1, 0.15) is 34.1 Å². The number of amides is 1. The van der Waals surface area contributed by atoms with Gasteiger partial charge in [-0.15, -0.1) is 11.3 Å². The Morgan fingerprint density at radius 3 is 2.75 bits per heavy atom. The van der Waals surface area contributed by atoms with Crippen molar-refractivity contribution in [2.45, 2.75) is 26.4 Å². The molecular weight excluding hydrogens is 396 g/mol. The number of aliphatic hydroxyl groups excluding tert-OH is 1.